The van der Waals surface area contributed by atoms with Crippen LogP contribution in [0.5, 0.6) is 0 Å². The third-order valence-corrected chi connectivity index (χ3v) is 3.65. The van der Waals surface area contributed by atoms with Gasteiger partial charge in [-0.1, -0.05) is 6.92 Å². The Bertz CT molecular complexity index is 236. The largest absolute Gasteiger partial charge is 0.338 e. The Morgan fingerprint density at radius 1 is 1.31 bits per heavy atom. The molecular formula is C12H23N3O. The number of nitrogens with zero attached hydrogens (tertiary/aromatic N) is 2. The van der Waals surface area contributed by atoms with Gasteiger partial charge in [-0.3, -0.25) is 0 Å². The lowest BCUT2D eigenvalue weighted by Crippen LogP contribution is -2.54. The van der Waals surface area contributed by atoms with Crippen LogP contribution in [0, 0.1) is 0 Å². The monoisotopic (exact) mass is 225 g/mol. The van der Waals surface area contributed by atoms with Gasteiger partial charge in [-0.2, -0.15) is 0 Å². The van der Waals surface area contributed by atoms with E-state index in [-0.39, 0.29) is 6.03 Å². The maximum Gasteiger partial charge on any atom is 0.317 e. The number of urea groups is 1. The fourth-order valence-electron chi connectivity index (χ4n) is 2.77. The second-order valence-electron chi connectivity index (χ2n) is 4.85. The molecule has 4 nitrogen and oxygen atoms in total. The summed E-state index contributed by atoms with van der Waals surface area (Å²) in [4.78, 5) is 16.3. The van der Waals surface area contributed by atoms with Gasteiger partial charge in [0.2, 0.25) is 0 Å². The van der Waals surface area contributed by atoms with Gasteiger partial charge < -0.3 is 15.1 Å². The Morgan fingerprint density at radius 3 is 2.69 bits per heavy atom. The number of amides is 2. The van der Waals surface area contributed by atoms with Crippen molar-refractivity contribution in [2.24, 2.45) is 0 Å². The van der Waals surface area contributed by atoms with E-state index in [1.54, 1.807) is 0 Å². The van der Waals surface area contributed by atoms with E-state index in [1.165, 1.54) is 13.0 Å². The summed E-state index contributed by atoms with van der Waals surface area (Å²) in [7, 11) is 0. The number of carbonyl (C=O) groups excluding carboxylic acids is 1. The first-order chi connectivity index (χ1) is 7.81. The van der Waals surface area contributed by atoms with Crippen LogP contribution < -0.4 is 5.32 Å². The highest BCUT2D eigenvalue weighted by atomic mass is 16.2. The van der Waals surface area contributed by atoms with Crippen LogP contribution in [-0.2, 0) is 0 Å². The molecule has 2 rings (SSSR count). The Hall–Kier alpha value is -0.770. The Morgan fingerprint density at radius 2 is 2.06 bits per heavy atom. The summed E-state index contributed by atoms with van der Waals surface area (Å²) in [5, 5.41) is 2.94. The predicted octanol–water partition coefficient (Wildman–Crippen LogP) is 1.28. The van der Waals surface area contributed by atoms with Crippen LogP contribution in [-0.4, -0.2) is 54.6 Å². The highest BCUT2D eigenvalue weighted by Crippen LogP contribution is 2.18. The van der Waals surface area contributed by atoms with Crippen LogP contribution in [0.15, 0.2) is 0 Å². The molecule has 1 N–H and O–H groups in total. The topological polar surface area (TPSA) is 35.6 Å². The second kappa shape index (κ2) is 5.53. The van der Waals surface area contributed by atoms with Crippen LogP contribution in [0.1, 0.15) is 32.6 Å². The molecule has 0 atom stereocenters. The number of hydrogen-bond donors (Lipinski definition) is 1. The molecular weight excluding hydrogens is 202 g/mol. The van der Waals surface area contributed by atoms with E-state index in [4.69, 9.17) is 0 Å². The van der Waals surface area contributed by atoms with E-state index in [1.807, 2.05) is 4.90 Å². The van der Waals surface area contributed by atoms with Gasteiger partial charge in [0.05, 0.1) is 0 Å². The van der Waals surface area contributed by atoms with Crippen molar-refractivity contribution in [1.82, 2.24) is 15.1 Å². The molecule has 0 radical (unpaired) electrons. The lowest BCUT2D eigenvalue weighted by Gasteiger charge is -2.40. The van der Waals surface area contributed by atoms with Crippen molar-refractivity contribution in [1.29, 1.82) is 0 Å². The first-order valence-corrected chi connectivity index (χ1v) is 6.58. The molecule has 92 valence electrons. The van der Waals surface area contributed by atoms with Gasteiger partial charge >= 0.3 is 6.03 Å². The molecule has 2 saturated heterocycles. The Balaban J connectivity index is 1.81. The van der Waals surface area contributed by atoms with Crippen LogP contribution >= 0.6 is 0 Å². The highest BCUT2D eigenvalue weighted by Gasteiger charge is 2.28. The molecule has 4 heteroatoms. The molecule has 2 fully saturated rings. The Kier molecular flexibility index (Phi) is 4.04. The van der Waals surface area contributed by atoms with Gasteiger partial charge in [-0.05, 0) is 32.2 Å². The molecule has 2 heterocycles. The lowest BCUT2D eigenvalue weighted by atomic mass is 10.0. The van der Waals surface area contributed by atoms with Gasteiger partial charge in [0.15, 0.2) is 0 Å². The number of piperidine rings is 1. The maximum atomic E-state index is 11.7. The summed E-state index contributed by atoms with van der Waals surface area (Å²) < 4.78 is 0. The fraction of sp³-hybridized carbons (Fsp3) is 0.917. The average molecular weight is 225 g/mol. The van der Waals surface area contributed by atoms with Crippen molar-refractivity contribution in [2.75, 3.05) is 32.7 Å². The van der Waals surface area contributed by atoms with Crippen LogP contribution in [0.4, 0.5) is 4.79 Å². The number of hydrogen-bond acceptors (Lipinski definition) is 2. The SMILES string of the molecule is CCCN1CCC(N2CCCNC2=O)CC1. The van der Waals surface area contributed by atoms with Crippen molar-refractivity contribution in [3.8, 4) is 0 Å². The van der Waals surface area contributed by atoms with Gasteiger partial charge in [-0.15, -0.1) is 0 Å². The quantitative estimate of drug-likeness (QED) is 0.785. The van der Waals surface area contributed by atoms with Gasteiger partial charge in [0.25, 0.3) is 0 Å². The zero-order valence-corrected chi connectivity index (χ0v) is 10.2. The third-order valence-electron chi connectivity index (χ3n) is 3.65. The van der Waals surface area contributed by atoms with Crippen molar-refractivity contribution in [2.45, 2.75) is 38.6 Å². The van der Waals surface area contributed by atoms with E-state index in [2.05, 4.69) is 17.1 Å². The standard InChI is InChI=1S/C12H23N3O/c1-2-7-14-9-4-11(5-10-14)15-8-3-6-13-12(15)16/h11H,2-10H2,1H3,(H,13,16). The van der Waals surface area contributed by atoms with Crippen molar-refractivity contribution >= 4 is 6.03 Å². The molecule has 2 aliphatic heterocycles. The lowest BCUT2D eigenvalue weighted by molar-refractivity contribution is 0.112. The summed E-state index contributed by atoms with van der Waals surface area (Å²) >= 11 is 0. The summed E-state index contributed by atoms with van der Waals surface area (Å²) in [6.07, 6.45) is 4.62. The molecule has 0 bridgehead atoms. The summed E-state index contributed by atoms with van der Waals surface area (Å²) in [6, 6.07) is 0.633. The Labute approximate surface area is 98.0 Å². The second-order valence-corrected chi connectivity index (χ2v) is 4.85. The molecule has 0 unspecified atom stereocenters. The summed E-state index contributed by atoms with van der Waals surface area (Å²) in [5.74, 6) is 0. The summed E-state index contributed by atoms with van der Waals surface area (Å²) in [6.45, 7) is 7.54. The maximum absolute atomic E-state index is 11.7. The number of rotatable bonds is 3. The van der Waals surface area contributed by atoms with E-state index in [0.717, 1.165) is 45.4 Å². The number of carbonyl (C=O) groups is 1. The molecule has 2 amide bonds. The average Bonchev–Trinajstić information content (AvgIpc) is 2.31. The van der Waals surface area contributed by atoms with Crippen molar-refractivity contribution in [3.63, 3.8) is 0 Å². The van der Waals surface area contributed by atoms with Gasteiger partial charge in [-0.25, -0.2) is 4.79 Å². The molecule has 0 aromatic carbocycles. The summed E-state index contributed by atoms with van der Waals surface area (Å²) in [5.41, 5.74) is 0. The molecule has 0 aromatic rings. The first-order valence-electron chi connectivity index (χ1n) is 6.58. The van der Waals surface area contributed by atoms with E-state index >= 15 is 0 Å². The zero-order chi connectivity index (χ0) is 11.4. The van der Waals surface area contributed by atoms with E-state index in [9.17, 15) is 4.79 Å². The van der Waals surface area contributed by atoms with Gasteiger partial charge in [0, 0.05) is 32.2 Å². The predicted molar refractivity (Wildman–Crippen MR) is 64.5 cm³/mol. The molecule has 16 heavy (non-hydrogen) atoms. The third kappa shape index (κ3) is 2.67. The number of nitrogens with one attached hydrogen (secondary N) is 1. The van der Waals surface area contributed by atoms with Crippen LogP contribution in [0.3, 0.4) is 0 Å². The van der Waals surface area contributed by atoms with E-state index < -0.39 is 0 Å². The normalized spacial score (nSPS) is 24.6. The molecule has 0 aromatic heterocycles. The minimum Gasteiger partial charge on any atom is -0.338 e. The minimum absolute atomic E-state index is 0.153. The first kappa shape index (κ1) is 11.7. The van der Waals surface area contributed by atoms with Crippen molar-refractivity contribution < 1.29 is 4.79 Å². The molecule has 0 spiro atoms. The zero-order valence-electron chi connectivity index (χ0n) is 10.2. The minimum atomic E-state index is 0.153. The van der Waals surface area contributed by atoms with Gasteiger partial charge in [0.1, 0.15) is 0 Å². The molecule has 0 saturated carbocycles. The van der Waals surface area contributed by atoms with E-state index in [0.29, 0.717) is 6.04 Å². The highest BCUT2D eigenvalue weighted by molar-refractivity contribution is 5.75. The fourth-order valence-corrected chi connectivity index (χ4v) is 2.77. The molecule has 2 aliphatic rings. The smallest absolute Gasteiger partial charge is 0.317 e. The van der Waals surface area contributed by atoms with Crippen LogP contribution in [0.2, 0.25) is 0 Å². The molecule has 0 aliphatic carbocycles. The van der Waals surface area contributed by atoms with Crippen LogP contribution in [0.25, 0.3) is 0 Å². The number of likely N-dealkylation sites (tertiary alicyclic amines) is 1. The van der Waals surface area contributed by atoms with Crippen molar-refractivity contribution in [3.05, 3.63) is 0 Å².